The van der Waals surface area contributed by atoms with Gasteiger partial charge in [-0.3, -0.25) is 9.69 Å². The molecular weight excluding hydrogens is 415 g/mol. The van der Waals surface area contributed by atoms with Crippen molar-refractivity contribution < 1.29 is 9.53 Å². The van der Waals surface area contributed by atoms with Crippen molar-refractivity contribution in [2.24, 2.45) is 0 Å². The van der Waals surface area contributed by atoms with E-state index in [2.05, 4.69) is 57.6 Å². The van der Waals surface area contributed by atoms with Gasteiger partial charge in [-0.15, -0.1) is 0 Å². The highest BCUT2D eigenvalue weighted by molar-refractivity contribution is 14.1. The number of aromatic nitrogens is 1. The molecule has 2 aliphatic rings. The summed E-state index contributed by atoms with van der Waals surface area (Å²) in [7, 11) is 1.69. The average Bonchev–Trinajstić information content (AvgIpc) is 2.95. The number of piperidine rings is 1. The van der Waals surface area contributed by atoms with Gasteiger partial charge >= 0.3 is 0 Å². The van der Waals surface area contributed by atoms with E-state index in [0.717, 1.165) is 30.7 Å². The van der Waals surface area contributed by atoms with E-state index in [1.54, 1.807) is 7.11 Å². The van der Waals surface area contributed by atoms with Crippen molar-refractivity contribution in [3.05, 3.63) is 39.1 Å². The minimum atomic E-state index is 0.00571. The second kappa shape index (κ2) is 6.19. The number of Topliss-reactive ketones (excluding diaryl/α,β-unsaturated/α-hetero) is 1. The molecule has 1 N–H and O–H groups in total. The van der Waals surface area contributed by atoms with E-state index in [1.807, 2.05) is 6.07 Å². The number of allylic oxidation sites excluding steroid dienone is 1. The first-order valence-corrected chi connectivity index (χ1v) is 9.48. The van der Waals surface area contributed by atoms with Crippen LogP contribution < -0.4 is 4.74 Å². The summed E-state index contributed by atoms with van der Waals surface area (Å²) in [6.07, 6.45) is 4.52. The van der Waals surface area contributed by atoms with Crippen molar-refractivity contribution in [1.29, 1.82) is 0 Å². The van der Waals surface area contributed by atoms with Crippen LogP contribution in [0.15, 0.2) is 27.9 Å². The molecule has 1 aromatic carbocycles. The van der Waals surface area contributed by atoms with Crippen LogP contribution in [-0.2, 0) is 11.2 Å². The first-order chi connectivity index (χ1) is 11.6. The van der Waals surface area contributed by atoms with Crippen molar-refractivity contribution in [3.63, 3.8) is 0 Å². The molecule has 0 unspecified atom stereocenters. The van der Waals surface area contributed by atoms with E-state index >= 15 is 0 Å². The number of aromatic amines is 1. The van der Waals surface area contributed by atoms with E-state index in [9.17, 15) is 4.79 Å². The summed E-state index contributed by atoms with van der Waals surface area (Å²) in [5.41, 5.74) is 3.74. The van der Waals surface area contributed by atoms with Gasteiger partial charge < -0.3 is 9.72 Å². The molecule has 24 heavy (non-hydrogen) atoms. The van der Waals surface area contributed by atoms with Gasteiger partial charge in [-0.25, -0.2) is 0 Å². The van der Waals surface area contributed by atoms with Gasteiger partial charge in [-0.1, -0.05) is 6.08 Å². The second-order valence-electron chi connectivity index (χ2n) is 6.58. The number of ether oxygens (including phenoxy) is 1. The number of benzene rings is 1. The third-order valence-electron chi connectivity index (χ3n) is 5.36. The fourth-order valence-corrected chi connectivity index (χ4v) is 4.51. The molecule has 126 valence electrons. The number of fused-ring (bicyclic) bond motifs is 6. The number of hydrogen-bond acceptors (Lipinski definition) is 3. The lowest BCUT2D eigenvalue weighted by atomic mass is 9.82. The van der Waals surface area contributed by atoms with Crippen LogP contribution in [0.5, 0.6) is 5.75 Å². The summed E-state index contributed by atoms with van der Waals surface area (Å²) in [4.78, 5) is 18.6. The normalized spacial score (nSPS) is 24.3. The highest BCUT2D eigenvalue weighted by Crippen LogP contribution is 2.44. The third kappa shape index (κ3) is 2.49. The number of nitrogens with one attached hydrogen (secondary N) is 1. The van der Waals surface area contributed by atoms with Gasteiger partial charge in [0.2, 0.25) is 0 Å². The molecule has 0 aliphatic carbocycles. The molecule has 1 fully saturated rings. The Morgan fingerprint density at radius 2 is 2.29 bits per heavy atom. The molecule has 2 aromatic rings. The number of carbonyl (C=O) groups excluding carboxylic acids is 1. The third-order valence-corrected chi connectivity index (χ3v) is 6.32. The lowest BCUT2D eigenvalue weighted by Gasteiger charge is -2.44. The second-order valence-corrected chi connectivity index (χ2v) is 7.96. The molecule has 5 heteroatoms. The van der Waals surface area contributed by atoms with Crippen LogP contribution >= 0.6 is 22.6 Å². The van der Waals surface area contributed by atoms with Crippen LogP contribution in [0, 0.1) is 0 Å². The maximum atomic E-state index is 12.6. The monoisotopic (exact) mass is 436 g/mol. The Balaban J connectivity index is 1.83. The number of carbonyl (C=O) groups is 1. The molecule has 1 saturated heterocycles. The highest BCUT2D eigenvalue weighted by atomic mass is 127. The fraction of sp³-hybridized carbons (Fsp3) is 0.421. The van der Waals surface area contributed by atoms with Crippen LogP contribution in [0.4, 0.5) is 0 Å². The standard InChI is InChI=1S/C19H21IN2O2/c1-3-11(20)10-22-16-6-7-18(23)17(22)9-14-13-8-12(24-2)4-5-15(13)21-19(14)16/h3-5,8,16-17,21H,6-7,9-10H2,1-2H3/b11-3-/t16-,17-/m0/s1. The number of methoxy groups -OCH3 is 1. The summed E-state index contributed by atoms with van der Waals surface area (Å²) >= 11 is 2.38. The largest absolute Gasteiger partial charge is 0.497 e. The Morgan fingerprint density at radius 1 is 1.46 bits per heavy atom. The van der Waals surface area contributed by atoms with Crippen LogP contribution in [0.3, 0.4) is 0 Å². The number of nitrogens with zero attached hydrogens (tertiary/aromatic N) is 1. The van der Waals surface area contributed by atoms with Crippen molar-refractivity contribution in [2.75, 3.05) is 13.7 Å². The van der Waals surface area contributed by atoms with Crippen LogP contribution in [0.25, 0.3) is 10.9 Å². The molecule has 3 heterocycles. The quantitative estimate of drug-likeness (QED) is 0.736. The van der Waals surface area contributed by atoms with Crippen molar-refractivity contribution in [1.82, 2.24) is 9.88 Å². The van der Waals surface area contributed by atoms with Gasteiger partial charge in [0.05, 0.1) is 19.2 Å². The van der Waals surface area contributed by atoms with E-state index < -0.39 is 0 Å². The first-order valence-electron chi connectivity index (χ1n) is 8.40. The van der Waals surface area contributed by atoms with Gasteiger partial charge in [0.25, 0.3) is 0 Å². The van der Waals surface area contributed by atoms with E-state index in [-0.39, 0.29) is 6.04 Å². The number of H-pyrrole nitrogens is 1. The topological polar surface area (TPSA) is 45.3 Å². The van der Waals surface area contributed by atoms with E-state index in [4.69, 9.17) is 4.74 Å². The molecule has 2 bridgehead atoms. The Bertz CT molecular complexity index is 839. The summed E-state index contributed by atoms with van der Waals surface area (Å²) < 4.78 is 6.68. The zero-order chi connectivity index (χ0) is 16.8. The minimum absolute atomic E-state index is 0.00571. The summed E-state index contributed by atoms with van der Waals surface area (Å²) in [5.74, 6) is 1.25. The molecule has 4 nitrogen and oxygen atoms in total. The van der Waals surface area contributed by atoms with Crippen molar-refractivity contribution in [3.8, 4) is 5.75 Å². The highest BCUT2D eigenvalue weighted by Gasteiger charge is 2.43. The molecule has 0 amide bonds. The van der Waals surface area contributed by atoms with E-state index in [0.29, 0.717) is 18.2 Å². The predicted octanol–water partition coefficient (Wildman–Crippen LogP) is 4.15. The molecule has 0 saturated carbocycles. The zero-order valence-electron chi connectivity index (χ0n) is 13.9. The molecule has 4 rings (SSSR count). The maximum Gasteiger partial charge on any atom is 0.150 e. The number of rotatable bonds is 3. The average molecular weight is 436 g/mol. The number of halogens is 1. The summed E-state index contributed by atoms with van der Waals surface area (Å²) in [5, 5.41) is 1.20. The summed E-state index contributed by atoms with van der Waals surface area (Å²) in [6.45, 7) is 2.92. The predicted molar refractivity (Wildman–Crippen MR) is 104 cm³/mol. The SMILES string of the molecule is C/C=C(\I)CN1[C@H]2Cc3c([nH]c4ccc(OC)cc34)[C@@H]1CCC2=O. The van der Waals surface area contributed by atoms with Crippen molar-refractivity contribution in [2.45, 2.75) is 38.3 Å². The van der Waals surface area contributed by atoms with Gasteiger partial charge in [-0.2, -0.15) is 0 Å². The lowest BCUT2D eigenvalue weighted by Crippen LogP contribution is -2.52. The smallest absolute Gasteiger partial charge is 0.150 e. The Morgan fingerprint density at radius 3 is 3.04 bits per heavy atom. The van der Waals surface area contributed by atoms with Gasteiger partial charge in [-0.05, 0) is 66.1 Å². The van der Waals surface area contributed by atoms with Gasteiger partial charge in [0.1, 0.15) is 11.5 Å². The summed E-state index contributed by atoms with van der Waals surface area (Å²) in [6, 6.07) is 6.47. The zero-order valence-corrected chi connectivity index (χ0v) is 16.1. The molecule has 2 atom stereocenters. The van der Waals surface area contributed by atoms with Crippen LogP contribution in [-0.4, -0.2) is 35.4 Å². The number of hydrogen-bond donors (Lipinski definition) is 1. The van der Waals surface area contributed by atoms with Crippen molar-refractivity contribution >= 4 is 39.3 Å². The first kappa shape index (κ1) is 16.1. The Hall–Kier alpha value is -1.34. The van der Waals surface area contributed by atoms with Crippen LogP contribution in [0.2, 0.25) is 0 Å². The molecular formula is C19H21IN2O2. The lowest BCUT2D eigenvalue weighted by molar-refractivity contribution is -0.129. The van der Waals surface area contributed by atoms with E-state index in [1.165, 1.54) is 20.2 Å². The molecule has 0 spiro atoms. The van der Waals surface area contributed by atoms with Gasteiger partial charge in [0.15, 0.2) is 0 Å². The van der Waals surface area contributed by atoms with Crippen LogP contribution in [0.1, 0.15) is 37.1 Å². The Kier molecular flexibility index (Phi) is 4.16. The van der Waals surface area contributed by atoms with Gasteiger partial charge in [0, 0.05) is 33.1 Å². The molecule has 0 radical (unpaired) electrons. The molecule has 2 aliphatic heterocycles. The Labute approximate surface area is 155 Å². The molecule has 1 aromatic heterocycles. The minimum Gasteiger partial charge on any atom is -0.497 e. The number of ketones is 1. The fourth-order valence-electron chi connectivity index (χ4n) is 4.11. The maximum absolute atomic E-state index is 12.6.